The minimum atomic E-state index is -0.522. The van der Waals surface area contributed by atoms with Crippen molar-refractivity contribution in [3.63, 3.8) is 0 Å². The van der Waals surface area contributed by atoms with Gasteiger partial charge in [-0.05, 0) is 36.8 Å². The highest BCUT2D eigenvalue weighted by Crippen LogP contribution is 2.23. The van der Waals surface area contributed by atoms with Crippen LogP contribution in [0.3, 0.4) is 0 Å². The summed E-state index contributed by atoms with van der Waals surface area (Å²) in [5.74, 6) is -0.652. The van der Waals surface area contributed by atoms with E-state index in [2.05, 4.69) is 10.6 Å². The molecule has 1 atom stereocenters. The average Bonchev–Trinajstić information content (AvgIpc) is 2.96. The maximum atomic E-state index is 13.4. The Labute approximate surface area is 154 Å². The molecule has 0 aromatic heterocycles. The van der Waals surface area contributed by atoms with Gasteiger partial charge in [-0.25, -0.2) is 9.18 Å². The number of benzene rings is 2. The van der Waals surface area contributed by atoms with Crippen LogP contribution in [0.4, 0.5) is 26.2 Å². The zero-order chi connectivity index (χ0) is 19.6. The lowest BCUT2D eigenvalue weighted by Gasteiger charge is -2.17. The summed E-state index contributed by atoms with van der Waals surface area (Å²) in [6, 6.07) is 8.86. The van der Waals surface area contributed by atoms with Gasteiger partial charge in [0.2, 0.25) is 5.91 Å². The number of rotatable bonds is 4. The third kappa shape index (κ3) is 4.20. The first-order valence-electron chi connectivity index (χ1n) is 8.22. The number of non-ortho nitro benzene ring substituents is 1. The first-order chi connectivity index (χ1) is 12.8. The maximum absolute atomic E-state index is 13.4. The van der Waals surface area contributed by atoms with E-state index in [9.17, 15) is 24.1 Å². The summed E-state index contributed by atoms with van der Waals surface area (Å²) in [6.45, 7) is 1.88. The van der Waals surface area contributed by atoms with Gasteiger partial charge in [-0.15, -0.1) is 0 Å². The standard InChI is InChI=1S/C18H17FN4O4/c1-11-7-15(23(26)27)5-6-16(11)21-18(25)20-13-9-17(24)22(10-13)14-4-2-3-12(19)8-14/h2-8,13H,9-10H2,1H3,(H2,20,21,25). The van der Waals surface area contributed by atoms with E-state index < -0.39 is 22.8 Å². The molecule has 0 saturated carbocycles. The van der Waals surface area contributed by atoms with E-state index in [1.165, 1.54) is 41.3 Å². The quantitative estimate of drug-likeness (QED) is 0.636. The molecule has 27 heavy (non-hydrogen) atoms. The monoisotopic (exact) mass is 372 g/mol. The Morgan fingerprint density at radius 1 is 1.30 bits per heavy atom. The van der Waals surface area contributed by atoms with Gasteiger partial charge in [0.15, 0.2) is 0 Å². The van der Waals surface area contributed by atoms with Crippen molar-refractivity contribution in [2.45, 2.75) is 19.4 Å². The number of carbonyl (C=O) groups is 2. The molecule has 1 aliphatic rings. The van der Waals surface area contributed by atoms with Crippen LogP contribution >= 0.6 is 0 Å². The van der Waals surface area contributed by atoms with E-state index in [1.54, 1.807) is 13.0 Å². The van der Waals surface area contributed by atoms with Gasteiger partial charge in [0.05, 0.1) is 11.0 Å². The molecular formula is C18H17FN4O4. The number of urea groups is 1. The lowest BCUT2D eigenvalue weighted by atomic mass is 10.2. The van der Waals surface area contributed by atoms with E-state index in [1.807, 2.05) is 0 Å². The number of nitrogens with zero attached hydrogens (tertiary/aromatic N) is 2. The van der Waals surface area contributed by atoms with Crippen molar-refractivity contribution in [1.29, 1.82) is 0 Å². The number of nitro groups is 1. The van der Waals surface area contributed by atoms with Gasteiger partial charge < -0.3 is 15.5 Å². The van der Waals surface area contributed by atoms with Crippen molar-refractivity contribution < 1.29 is 18.9 Å². The van der Waals surface area contributed by atoms with Crippen LogP contribution < -0.4 is 15.5 Å². The first kappa shape index (κ1) is 18.3. The summed E-state index contributed by atoms with van der Waals surface area (Å²) in [5, 5.41) is 16.1. The molecule has 1 saturated heterocycles. The second-order valence-corrected chi connectivity index (χ2v) is 6.24. The Hall–Kier alpha value is -3.49. The lowest BCUT2D eigenvalue weighted by molar-refractivity contribution is -0.384. The molecule has 8 nitrogen and oxygen atoms in total. The molecule has 2 aromatic carbocycles. The van der Waals surface area contributed by atoms with Crippen LogP contribution in [-0.4, -0.2) is 29.4 Å². The fourth-order valence-electron chi connectivity index (χ4n) is 2.94. The molecule has 9 heteroatoms. The molecule has 1 heterocycles. The Bertz CT molecular complexity index is 918. The van der Waals surface area contributed by atoms with Crippen LogP contribution in [0.5, 0.6) is 0 Å². The highest BCUT2D eigenvalue weighted by Gasteiger charge is 2.31. The second kappa shape index (κ2) is 7.40. The van der Waals surface area contributed by atoms with Crippen LogP contribution in [0.15, 0.2) is 42.5 Å². The van der Waals surface area contributed by atoms with Gasteiger partial charge in [-0.2, -0.15) is 0 Å². The van der Waals surface area contributed by atoms with Crippen LogP contribution in [-0.2, 0) is 4.79 Å². The van der Waals surface area contributed by atoms with Crippen LogP contribution in [0.25, 0.3) is 0 Å². The van der Waals surface area contributed by atoms with Crippen molar-refractivity contribution in [3.8, 4) is 0 Å². The number of hydrogen-bond acceptors (Lipinski definition) is 4. The zero-order valence-corrected chi connectivity index (χ0v) is 14.4. The minimum Gasteiger partial charge on any atom is -0.333 e. The Balaban J connectivity index is 1.62. The molecule has 0 bridgehead atoms. The molecule has 3 rings (SSSR count). The molecule has 1 aliphatic heterocycles. The molecule has 1 unspecified atom stereocenters. The SMILES string of the molecule is Cc1cc([N+](=O)[O-])ccc1NC(=O)NC1CC(=O)N(c2cccc(F)c2)C1. The molecule has 1 fully saturated rings. The third-order valence-corrected chi connectivity index (χ3v) is 4.25. The summed E-state index contributed by atoms with van der Waals surface area (Å²) >= 11 is 0. The number of hydrogen-bond donors (Lipinski definition) is 2. The number of anilines is 2. The summed E-state index contributed by atoms with van der Waals surface area (Å²) < 4.78 is 13.4. The van der Waals surface area contributed by atoms with Gasteiger partial charge in [0.25, 0.3) is 5.69 Å². The number of aryl methyl sites for hydroxylation is 1. The summed E-state index contributed by atoms with van der Waals surface area (Å²) in [7, 11) is 0. The highest BCUT2D eigenvalue weighted by atomic mass is 19.1. The fraction of sp³-hybridized carbons (Fsp3) is 0.222. The van der Waals surface area contributed by atoms with E-state index in [0.717, 1.165) is 0 Å². The summed E-state index contributed by atoms with van der Waals surface area (Å²) in [6.07, 6.45) is 0.100. The van der Waals surface area contributed by atoms with Crippen molar-refractivity contribution in [2.24, 2.45) is 0 Å². The number of halogens is 1. The third-order valence-electron chi connectivity index (χ3n) is 4.25. The molecule has 0 aliphatic carbocycles. The van der Waals surface area contributed by atoms with Crippen molar-refractivity contribution in [3.05, 3.63) is 64.0 Å². The molecule has 2 aromatic rings. The Morgan fingerprint density at radius 2 is 2.07 bits per heavy atom. The number of nitrogens with one attached hydrogen (secondary N) is 2. The second-order valence-electron chi connectivity index (χ2n) is 6.24. The van der Waals surface area contributed by atoms with Gasteiger partial charge >= 0.3 is 6.03 Å². The normalized spacial score (nSPS) is 16.3. The molecule has 2 N–H and O–H groups in total. The van der Waals surface area contributed by atoms with E-state index in [4.69, 9.17) is 0 Å². The van der Waals surface area contributed by atoms with Crippen LogP contribution in [0.2, 0.25) is 0 Å². The average molecular weight is 372 g/mol. The first-order valence-corrected chi connectivity index (χ1v) is 8.22. The van der Waals surface area contributed by atoms with E-state index in [-0.39, 0.29) is 24.6 Å². The van der Waals surface area contributed by atoms with Crippen LogP contribution in [0.1, 0.15) is 12.0 Å². The van der Waals surface area contributed by atoms with Gasteiger partial charge in [-0.3, -0.25) is 14.9 Å². The smallest absolute Gasteiger partial charge is 0.319 e. The molecule has 3 amide bonds. The Kier molecular flexibility index (Phi) is 5.02. The number of amides is 3. The predicted molar refractivity (Wildman–Crippen MR) is 97.1 cm³/mol. The molecular weight excluding hydrogens is 355 g/mol. The minimum absolute atomic E-state index is 0.0643. The predicted octanol–water partition coefficient (Wildman–Crippen LogP) is 2.97. The van der Waals surface area contributed by atoms with Crippen molar-refractivity contribution in [2.75, 3.05) is 16.8 Å². The van der Waals surface area contributed by atoms with Crippen molar-refractivity contribution in [1.82, 2.24) is 5.32 Å². The Morgan fingerprint density at radius 3 is 2.74 bits per heavy atom. The molecule has 140 valence electrons. The lowest BCUT2D eigenvalue weighted by Crippen LogP contribution is -2.39. The van der Waals surface area contributed by atoms with Gasteiger partial charge in [0.1, 0.15) is 5.82 Å². The molecule has 0 radical (unpaired) electrons. The van der Waals surface area contributed by atoms with Crippen LogP contribution in [0, 0.1) is 22.9 Å². The largest absolute Gasteiger partial charge is 0.333 e. The van der Waals surface area contributed by atoms with Crippen molar-refractivity contribution >= 4 is 29.0 Å². The zero-order valence-electron chi connectivity index (χ0n) is 14.4. The maximum Gasteiger partial charge on any atom is 0.319 e. The topological polar surface area (TPSA) is 105 Å². The summed E-state index contributed by atoms with van der Waals surface area (Å²) in [4.78, 5) is 36.0. The number of carbonyl (C=O) groups excluding carboxylic acids is 2. The molecule has 0 spiro atoms. The number of nitro benzene ring substituents is 1. The van der Waals surface area contributed by atoms with Gasteiger partial charge in [0, 0.05) is 36.5 Å². The highest BCUT2D eigenvalue weighted by molar-refractivity contribution is 5.97. The fourth-order valence-corrected chi connectivity index (χ4v) is 2.94. The summed E-state index contributed by atoms with van der Waals surface area (Å²) in [5.41, 5.74) is 1.36. The van der Waals surface area contributed by atoms with E-state index in [0.29, 0.717) is 16.9 Å². The van der Waals surface area contributed by atoms with Gasteiger partial charge in [-0.1, -0.05) is 6.07 Å². The van der Waals surface area contributed by atoms with E-state index >= 15 is 0 Å².